The van der Waals surface area contributed by atoms with E-state index in [2.05, 4.69) is 16.0 Å². The van der Waals surface area contributed by atoms with E-state index in [0.717, 1.165) is 18.4 Å². The predicted molar refractivity (Wildman–Crippen MR) is 303 cm³/mol. The molecule has 0 aliphatic carbocycles. The van der Waals surface area contributed by atoms with Gasteiger partial charge in [-0.25, -0.2) is 8.78 Å². The molecule has 2 aliphatic rings. The molecule has 0 spiro atoms. The van der Waals surface area contributed by atoms with Crippen molar-refractivity contribution in [3.05, 3.63) is 176 Å². The maximum Gasteiger partial charge on any atom is 0.259 e. The van der Waals surface area contributed by atoms with Crippen LogP contribution in [0.5, 0.6) is 40.2 Å². The Morgan fingerprint density at radius 2 is 1.10 bits per heavy atom. The molecular formula is C56H54F2I2N6O11. The average Bonchev–Trinajstić information content (AvgIpc) is 4.16. The molecule has 5 aromatic carbocycles. The average molecular weight is 1280 g/mol. The monoisotopic (exact) mass is 1280 g/mol. The van der Waals surface area contributed by atoms with E-state index >= 15 is 0 Å². The van der Waals surface area contributed by atoms with Gasteiger partial charge in [0.1, 0.15) is 86.9 Å². The summed E-state index contributed by atoms with van der Waals surface area (Å²) >= 11 is 4.00. The van der Waals surface area contributed by atoms with Crippen LogP contribution in [0.1, 0.15) is 50.2 Å². The van der Waals surface area contributed by atoms with Gasteiger partial charge < -0.3 is 54.8 Å². The number of anilines is 4. The molecule has 4 heterocycles. The van der Waals surface area contributed by atoms with Gasteiger partial charge in [-0.2, -0.15) is 0 Å². The van der Waals surface area contributed by atoms with Gasteiger partial charge in [-0.3, -0.25) is 28.3 Å². The molecule has 21 heteroatoms. The number of carbonyl (C=O) groups is 2. The number of amides is 2. The van der Waals surface area contributed by atoms with E-state index in [4.69, 9.17) is 38.9 Å². The van der Waals surface area contributed by atoms with Crippen LogP contribution >= 0.6 is 45.2 Å². The number of nitrogens with one attached hydrogen (secondary N) is 3. The number of hydrogen-bond acceptors (Lipinski definition) is 13. The molecular weight excluding hydrogens is 1220 g/mol. The molecule has 0 radical (unpaired) electrons. The summed E-state index contributed by atoms with van der Waals surface area (Å²) in [4.78, 5) is 52.1. The second kappa shape index (κ2) is 25.3. The molecule has 2 atom stereocenters. The van der Waals surface area contributed by atoms with Gasteiger partial charge >= 0.3 is 0 Å². The number of nitrogens with two attached hydrogens (primary N) is 1. The number of nitrogens with zero attached hydrogens (tertiary/aromatic N) is 2. The van der Waals surface area contributed by atoms with Crippen LogP contribution in [0, 0.1) is 32.6 Å². The Hall–Kier alpha value is -7.22. The van der Waals surface area contributed by atoms with E-state index in [9.17, 15) is 28.0 Å². The van der Waals surface area contributed by atoms with Crippen molar-refractivity contribution in [1.29, 1.82) is 0 Å². The second-order valence-electron chi connectivity index (χ2n) is 17.8. The first-order valence-corrected chi connectivity index (χ1v) is 26.3. The van der Waals surface area contributed by atoms with Crippen LogP contribution in [0.4, 0.5) is 31.8 Å². The Balaban J connectivity index is 0.000000209. The summed E-state index contributed by atoms with van der Waals surface area (Å²) in [6.45, 7) is 6.13. The number of halogens is 4. The van der Waals surface area contributed by atoms with Crippen LogP contribution in [0.2, 0.25) is 0 Å². The number of pyridine rings is 2. The van der Waals surface area contributed by atoms with Crippen LogP contribution in [0.15, 0.2) is 119 Å². The van der Waals surface area contributed by atoms with Crippen molar-refractivity contribution in [2.45, 2.75) is 45.4 Å². The molecule has 0 saturated carbocycles. The zero-order valence-corrected chi connectivity index (χ0v) is 46.8. The first-order valence-electron chi connectivity index (χ1n) is 24.1. The Kier molecular flexibility index (Phi) is 18.4. The fraction of sp³-hybridized carbons (Fsp3) is 0.250. The fourth-order valence-corrected chi connectivity index (χ4v) is 9.09. The van der Waals surface area contributed by atoms with Gasteiger partial charge in [-0.05, 0) is 137 Å². The molecule has 2 fully saturated rings. The standard InChI is InChI=1S/C32H31FIN3O6.C24H23FIN3O5/c1-19-26(42-23-13-14-41-18-23)5-4-6-27(19)43-28-16-29(38)37(2)31(36-25-12-9-21(34)15-24(25)33)30(28)32(39)35-17-20-7-10-22(40-3)11-8-20;1-13-18(33-15-8-9-32-12-15)4-3-5-19(13)34-20-11-21(30)29(2)24(22(20)23(27)31)28-17-7-6-14(26)10-16(17)25/h4-12,15-16,23,36H,13-14,17-18H2,1-3H3,(H,35,39);3-7,10-11,15,28H,8-9,12H2,1-2H3,(H2,27,31)/t23-;15-/m00/s1. The van der Waals surface area contributed by atoms with E-state index in [1.165, 1.54) is 53.6 Å². The maximum absolute atomic E-state index is 14.9. The van der Waals surface area contributed by atoms with Crippen molar-refractivity contribution in [3.8, 4) is 40.2 Å². The second-order valence-corrected chi connectivity index (χ2v) is 20.3. The third-order valence-electron chi connectivity index (χ3n) is 12.5. The molecule has 0 bridgehead atoms. The van der Waals surface area contributed by atoms with Gasteiger partial charge in [0.2, 0.25) is 0 Å². The molecule has 77 heavy (non-hydrogen) atoms. The van der Waals surface area contributed by atoms with Crippen molar-refractivity contribution in [2.24, 2.45) is 19.8 Å². The van der Waals surface area contributed by atoms with Gasteiger partial charge in [0.15, 0.2) is 0 Å². The van der Waals surface area contributed by atoms with Crippen LogP contribution in [0.3, 0.4) is 0 Å². The molecule has 9 rings (SSSR count). The normalized spacial score (nSPS) is 14.7. The highest BCUT2D eigenvalue weighted by Gasteiger charge is 2.27. The SMILES string of the molecule is COc1ccc(CNC(=O)c2c(Oc3cccc(O[C@H]4CCOC4)c3C)cc(=O)n(C)c2Nc2ccc(I)cc2F)cc1.Cc1c(Oc2cc(=O)n(C)c(Nc3ccc(I)cc3F)c2C(N)=O)cccc1O[C@H]1CCOC1. The number of primary amides is 1. The lowest BCUT2D eigenvalue weighted by Crippen LogP contribution is -2.29. The zero-order chi connectivity index (χ0) is 54.9. The fourth-order valence-electron chi connectivity index (χ4n) is 8.19. The minimum atomic E-state index is -0.841. The van der Waals surface area contributed by atoms with Crippen molar-refractivity contribution >= 4 is 80.0 Å². The Bertz CT molecular complexity index is 3440. The van der Waals surface area contributed by atoms with E-state index in [1.807, 2.05) is 83.3 Å². The molecule has 17 nitrogen and oxygen atoms in total. The molecule has 402 valence electrons. The first-order chi connectivity index (χ1) is 37.0. The smallest absolute Gasteiger partial charge is 0.259 e. The summed E-state index contributed by atoms with van der Waals surface area (Å²) in [5, 5.41) is 8.69. The summed E-state index contributed by atoms with van der Waals surface area (Å²) < 4.78 is 73.7. The van der Waals surface area contributed by atoms with E-state index in [-0.39, 0.29) is 64.4 Å². The number of carbonyl (C=O) groups excluding carboxylic acids is 2. The van der Waals surface area contributed by atoms with Gasteiger partial charge in [-0.15, -0.1) is 0 Å². The van der Waals surface area contributed by atoms with Crippen molar-refractivity contribution in [2.75, 3.05) is 44.2 Å². The summed E-state index contributed by atoms with van der Waals surface area (Å²) in [5.74, 6) is 0.307. The van der Waals surface area contributed by atoms with Gasteiger partial charge in [0, 0.05) is 63.9 Å². The summed E-state index contributed by atoms with van der Waals surface area (Å²) in [6, 6.07) is 29.4. The van der Waals surface area contributed by atoms with Gasteiger partial charge in [0.05, 0.1) is 44.9 Å². The van der Waals surface area contributed by atoms with Crippen molar-refractivity contribution in [3.63, 3.8) is 0 Å². The lowest BCUT2D eigenvalue weighted by atomic mass is 10.1. The van der Waals surface area contributed by atoms with Crippen LogP contribution in [-0.2, 0) is 30.1 Å². The molecule has 0 unspecified atom stereocenters. The largest absolute Gasteiger partial charge is 0.497 e. The topological polar surface area (TPSA) is 205 Å². The number of methoxy groups -OCH3 is 1. The van der Waals surface area contributed by atoms with E-state index in [0.29, 0.717) is 73.4 Å². The minimum absolute atomic E-state index is 0.00759. The quantitative estimate of drug-likeness (QED) is 0.0628. The maximum atomic E-state index is 14.9. The third kappa shape index (κ3) is 13.7. The molecule has 5 N–H and O–H groups in total. The number of ether oxygens (including phenoxy) is 7. The highest BCUT2D eigenvalue weighted by molar-refractivity contribution is 14.1. The number of aromatic nitrogens is 2. The number of rotatable bonds is 17. The van der Waals surface area contributed by atoms with Crippen LogP contribution in [-0.4, -0.2) is 66.7 Å². The summed E-state index contributed by atoms with van der Waals surface area (Å²) in [5.41, 5.74) is 7.08. The molecule has 2 amide bonds. The molecule has 2 aliphatic heterocycles. The highest BCUT2D eigenvalue weighted by Crippen LogP contribution is 2.38. The Morgan fingerprint density at radius 3 is 1.53 bits per heavy atom. The molecule has 2 aromatic heterocycles. The van der Waals surface area contributed by atoms with E-state index in [1.54, 1.807) is 61.7 Å². The van der Waals surface area contributed by atoms with Crippen molar-refractivity contribution in [1.82, 2.24) is 14.5 Å². The predicted octanol–water partition coefficient (Wildman–Crippen LogP) is 10.3. The van der Waals surface area contributed by atoms with Gasteiger partial charge in [-0.1, -0.05) is 24.3 Å². The van der Waals surface area contributed by atoms with Crippen LogP contribution in [0.25, 0.3) is 0 Å². The number of hydrogen-bond donors (Lipinski definition) is 4. The Morgan fingerprint density at radius 1 is 0.649 bits per heavy atom. The first kappa shape index (κ1) is 56.0. The number of benzene rings is 5. The lowest BCUT2D eigenvalue weighted by Gasteiger charge is -2.21. The zero-order valence-electron chi connectivity index (χ0n) is 42.5. The summed E-state index contributed by atoms with van der Waals surface area (Å²) in [7, 11) is 4.53. The third-order valence-corrected chi connectivity index (χ3v) is 13.9. The van der Waals surface area contributed by atoms with Crippen LogP contribution < -0.4 is 56.5 Å². The van der Waals surface area contributed by atoms with E-state index < -0.39 is 34.6 Å². The highest BCUT2D eigenvalue weighted by atomic mass is 127. The minimum Gasteiger partial charge on any atom is -0.497 e. The van der Waals surface area contributed by atoms with Crippen molar-refractivity contribution < 1.29 is 51.5 Å². The Labute approximate surface area is 469 Å². The lowest BCUT2D eigenvalue weighted by molar-refractivity contribution is 0.0947. The molecule has 2 saturated heterocycles. The summed E-state index contributed by atoms with van der Waals surface area (Å²) in [6.07, 6.45) is 1.44. The molecule has 7 aromatic rings. The van der Waals surface area contributed by atoms with Gasteiger partial charge in [0.25, 0.3) is 22.9 Å².